The number of guanidine groups is 1. The highest BCUT2D eigenvalue weighted by Gasteiger charge is 2.31. The summed E-state index contributed by atoms with van der Waals surface area (Å²) in [5, 5.41) is 7.04. The van der Waals surface area contributed by atoms with Gasteiger partial charge in [-0.1, -0.05) is 26.2 Å². The molecule has 1 heterocycles. The average molecular weight is 378 g/mol. The van der Waals surface area contributed by atoms with Crippen molar-refractivity contribution in [3.05, 3.63) is 0 Å². The summed E-state index contributed by atoms with van der Waals surface area (Å²) in [4.78, 5) is 21.7. The van der Waals surface area contributed by atoms with Crippen molar-refractivity contribution in [2.24, 2.45) is 16.8 Å². The predicted molar refractivity (Wildman–Crippen MR) is 111 cm³/mol. The fourth-order valence-corrected chi connectivity index (χ4v) is 4.49. The van der Waals surface area contributed by atoms with Gasteiger partial charge in [0.25, 0.3) is 0 Å². The van der Waals surface area contributed by atoms with E-state index in [2.05, 4.69) is 34.3 Å². The van der Waals surface area contributed by atoms with Gasteiger partial charge in [0.1, 0.15) is 0 Å². The Bertz CT molecular complexity index is 497. The van der Waals surface area contributed by atoms with Gasteiger partial charge in [-0.25, -0.2) is 0 Å². The first-order chi connectivity index (χ1) is 13.2. The summed E-state index contributed by atoms with van der Waals surface area (Å²) in [7, 11) is 0. The summed E-state index contributed by atoms with van der Waals surface area (Å²) in [6.45, 7) is 10.9. The minimum atomic E-state index is 0.331. The van der Waals surface area contributed by atoms with E-state index in [4.69, 9.17) is 4.99 Å². The molecule has 0 aromatic rings. The Kier molecular flexibility index (Phi) is 7.80. The van der Waals surface area contributed by atoms with E-state index in [-0.39, 0.29) is 0 Å². The Balaban J connectivity index is 1.38. The van der Waals surface area contributed by atoms with Crippen LogP contribution in [0.25, 0.3) is 0 Å². The second-order valence-corrected chi connectivity index (χ2v) is 8.67. The van der Waals surface area contributed by atoms with Crippen LogP contribution < -0.4 is 10.6 Å². The quantitative estimate of drug-likeness (QED) is 0.549. The average Bonchev–Trinajstić information content (AvgIpc) is 2.61. The van der Waals surface area contributed by atoms with Crippen LogP contribution in [-0.4, -0.2) is 73.5 Å². The topological polar surface area (TPSA) is 60.0 Å². The number of amides is 1. The van der Waals surface area contributed by atoms with Crippen molar-refractivity contribution in [3.8, 4) is 0 Å². The minimum absolute atomic E-state index is 0.331. The Labute approximate surface area is 165 Å². The molecule has 0 radical (unpaired) electrons. The van der Waals surface area contributed by atoms with E-state index in [0.29, 0.717) is 17.9 Å². The summed E-state index contributed by atoms with van der Waals surface area (Å²) in [6, 6.07) is 0.563. The second-order valence-electron chi connectivity index (χ2n) is 8.67. The van der Waals surface area contributed by atoms with Crippen LogP contribution in [0.5, 0.6) is 0 Å². The van der Waals surface area contributed by atoms with Crippen LogP contribution in [0.15, 0.2) is 4.99 Å². The van der Waals surface area contributed by atoms with Crippen LogP contribution in [-0.2, 0) is 4.79 Å². The van der Waals surface area contributed by atoms with Gasteiger partial charge >= 0.3 is 0 Å². The minimum Gasteiger partial charge on any atom is -0.357 e. The summed E-state index contributed by atoms with van der Waals surface area (Å²) in [5.41, 5.74) is 0. The van der Waals surface area contributed by atoms with Crippen molar-refractivity contribution < 1.29 is 4.79 Å². The molecular weight excluding hydrogens is 338 g/mol. The van der Waals surface area contributed by atoms with Crippen LogP contribution in [0.3, 0.4) is 0 Å². The summed E-state index contributed by atoms with van der Waals surface area (Å²) in [6.07, 6.45) is 8.63. The van der Waals surface area contributed by atoms with Gasteiger partial charge in [0.05, 0.1) is 6.54 Å². The summed E-state index contributed by atoms with van der Waals surface area (Å²) >= 11 is 0. The van der Waals surface area contributed by atoms with Gasteiger partial charge in [0.15, 0.2) is 5.96 Å². The molecule has 3 aliphatic rings. The van der Waals surface area contributed by atoms with Crippen LogP contribution >= 0.6 is 0 Å². The molecule has 2 saturated carbocycles. The van der Waals surface area contributed by atoms with Crippen molar-refractivity contribution in [1.82, 2.24) is 20.4 Å². The van der Waals surface area contributed by atoms with Crippen molar-refractivity contribution in [2.75, 3.05) is 45.8 Å². The van der Waals surface area contributed by atoms with E-state index in [1.165, 1.54) is 32.1 Å². The molecule has 2 atom stereocenters. The number of carbonyl (C=O) groups excluding carboxylic acids is 1. The lowest BCUT2D eigenvalue weighted by molar-refractivity contribution is -0.139. The smallest absolute Gasteiger partial charge is 0.225 e. The third kappa shape index (κ3) is 6.09. The van der Waals surface area contributed by atoms with Crippen molar-refractivity contribution in [1.29, 1.82) is 0 Å². The zero-order chi connectivity index (χ0) is 19.1. The van der Waals surface area contributed by atoms with Crippen molar-refractivity contribution >= 4 is 11.9 Å². The number of hydrogen-bond acceptors (Lipinski definition) is 3. The first kappa shape index (κ1) is 20.4. The second kappa shape index (κ2) is 10.3. The molecule has 2 N–H and O–H groups in total. The van der Waals surface area contributed by atoms with Crippen LogP contribution in [0.1, 0.15) is 58.8 Å². The number of aliphatic imine (C=N–C) groups is 1. The van der Waals surface area contributed by atoms with Gasteiger partial charge in [0, 0.05) is 51.2 Å². The molecular formula is C21H39N5O. The molecule has 3 fully saturated rings. The lowest BCUT2D eigenvalue weighted by atomic mass is 9.84. The zero-order valence-corrected chi connectivity index (χ0v) is 17.4. The van der Waals surface area contributed by atoms with Gasteiger partial charge in [-0.2, -0.15) is 0 Å². The standard InChI is InChI=1S/C21H39N5O/c1-3-22-21(24-19-9-4-6-17(2)16-19)23-10-11-25-12-14-26(15-13-25)20(27)18-7-5-8-18/h17-19H,3-16H2,1-2H3,(H2,22,23,24). The highest BCUT2D eigenvalue weighted by Crippen LogP contribution is 2.28. The molecule has 6 heteroatoms. The lowest BCUT2D eigenvalue weighted by Gasteiger charge is -2.38. The first-order valence-corrected chi connectivity index (χ1v) is 11.2. The Morgan fingerprint density at radius 2 is 1.81 bits per heavy atom. The molecule has 0 aromatic carbocycles. The van der Waals surface area contributed by atoms with Crippen LogP contribution in [0.2, 0.25) is 0 Å². The van der Waals surface area contributed by atoms with E-state index in [1.54, 1.807) is 0 Å². The molecule has 0 bridgehead atoms. The van der Waals surface area contributed by atoms with Gasteiger partial charge in [-0.05, 0) is 38.5 Å². The van der Waals surface area contributed by atoms with E-state index in [0.717, 1.165) is 70.5 Å². The molecule has 2 aliphatic carbocycles. The molecule has 6 nitrogen and oxygen atoms in total. The number of hydrogen-bond donors (Lipinski definition) is 2. The summed E-state index contributed by atoms with van der Waals surface area (Å²) in [5.74, 6) is 2.52. The maximum absolute atomic E-state index is 12.3. The molecule has 27 heavy (non-hydrogen) atoms. The number of rotatable bonds is 6. The van der Waals surface area contributed by atoms with Crippen LogP contribution in [0, 0.1) is 11.8 Å². The molecule has 154 valence electrons. The van der Waals surface area contributed by atoms with Gasteiger partial charge in [0.2, 0.25) is 5.91 Å². The highest BCUT2D eigenvalue weighted by atomic mass is 16.2. The van der Waals surface area contributed by atoms with Gasteiger partial charge in [-0.3, -0.25) is 14.7 Å². The Morgan fingerprint density at radius 1 is 1.07 bits per heavy atom. The summed E-state index contributed by atoms with van der Waals surface area (Å²) < 4.78 is 0. The fourth-order valence-electron chi connectivity index (χ4n) is 4.49. The maximum Gasteiger partial charge on any atom is 0.225 e. The molecule has 3 rings (SSSR count). The fraction of sp³-hybridized carbons (Fsp3) is 0.905. The number of nitrogens with zero attached hydrogens (tertiary/aromatic N) is 3. The predicted octanol–water partition coefficient (Wildman–Crippen LogP) is 2.06. The van der Waals surface area contributed by atoms with Crippen LogP contribution in [0.4, 0.5) is 0 Å². The Morgan fingerprint density at radius 3 is 2.44 bits per heavy atom. The zero-order valence-electron chi connectivity index (χ0n) is 17.4. The molecule has 2 unspecified atom stereocenters. The lowest BCUT2D eigenvalue weighted by Crippen LogP contribution is -2.51. The SMILES string of the molecule is CCNC(=NCCN1CCN(C(=O)C2CCC2)CC1)NC1CCCC(C)C1. The normalized spacial score (nSPS) is 27.9. The highest BCUT2D eigenvalue weighted by molar-refractivity contribution is 5.80. The first-order valence-electron chi connectivity index (χ1n) is 11.2. The van der Waals surface area contributed by atoms with Gasteiger partial charge < -0.3 is 15.5 Å². The van der Waals surface area contributed by atoms with E-state index >= 15 is 0 Å². The third-order valence-corrected chi connectivity index (χ3v) is 6.45. The molecule has 1 aliphatic heterocycles. The number of nitrogens with one attached hydrogen (secondary N) is 2. The van der Waals surface area contributed by atoms with E-state index < -0.39 is 0 Å². The van der Waals surface area contributed by atoms with Crippen molar-refractivity contribution in [2.45, 2.75) is 64.8 Å². The van der Waals surface area contributed by atoms with E-state index in [1.807, 2.05) is 0 Å². The van der Waals surface area contributed by atoms with Crippen molar-refractivity contribution in [3.63, 3.8) is 0 Å². The van der Waals surface area contributed by atoms with Gasteiger partial charge in [-0.15, -0.1) is 0 Å². The number of carbonyl (C=O) groups is 1. The molecule has 0 aromatic heterocycles. The maximum atomic E-state index is 12.3. The monoisotopic (exact) mass is 377 g/mol. The third-order valence-electron chi connectivity index (χ3n) is 6.45. The molecule has 0 spiro atoms. The number of piperazine rings is 1. The largest absolute Gasteiger partial charge is 0.357 e. The Hall–Kier alpha value is -1.30. The molecule has 1 saturated heterocycles. The molecule has 1 amide bonds. The van der Waals surface area contributed by atoms with E-state index in [9.17, 15) is 4.79 Å².